The number of hydrogen-bond acceptors (Lipinski definition) is 3. The highest BCUT2D eigenvalue weighted by Crippen LogP contribution is 2.20. The van der Waals surface area contributed by atoms with E-state index >= 15 is 0 Å². The van der Waals surface area contributed by atoms with Crippen molar-refractivity contribution in [2.24, 2.45) is 5.92 Å². The zero-order valence-corrected chi connectivity index (χ0v) is 12.5. The van der Waals surface area contributed by atoms with Crippen LogP contribution >= 0.6 is 0 Å². The van der Waals surface area contributed by atoms with E-state index in [4.69, 9.17) is 4.18 Å². The van der Waals surface area contributed by atoms with Gasteiger partial charge in [0, 0.05) is 0 Å². The van der Waals surface area contributed by atoms with Gasteiger partial charge in [-0.15, -0.1) is 0 Å². The molecule has 1 atom stereocenters. The molecular formula is C14H22O3S. The lowest BCUT2D eigenvalue weighted by molar-refractivity contribution is 0.178. The summed E-state index contributed by atoms with van der Waals surface area (Å²) in [6, 6.07) is 6.89. The Hall–Kier alpha value is -0.870. The van der Waals surface area contributed by atoms with Gasteiger partial charge in [0.05, 0.1) is 11.0 Å². The molecule has 0 aliphatic rings. The van der Waals surface area contributed by atoms with Crippen LogP contribution in [0.1, 0.15) is 46.1 Å². The van der Waals surface area contributed by atoms with Crippen LogP contribution in [0.3, 0.4) is 0 Å². The van der Waals surface area contributed by atoms with Gasteiger partial charge in [0.1, 0.15) is 0 Å². The van der Waals surface area contributed by atoms with Crippen molar-refractivity contribution in [1.82, 2.24) is 0 Å². The second-order valence-corrected chi connectivity index (χ2v) is 6.80. The van der Waals surface area contributed by atoms with Crippen molar-refractivity contribution in [3.05, 3.63) is 29.8 Å². The standard InChI is InChI=1S/C14H22O3S/c1-10(2)12(5)17-18(15,16)14-8-6-13(7-9-14)11(3)4/h6-12H,1-5H3. The zero-order valence-electron chi connectivity index (χ0n) is 11.7. The van der Waals surface area contributed by atoms with Gasteiger partial charge >= 0.3 is 0 Å². The topological polar surface area (TPSA) is 43.4 Å². The average molecular weight is 270 g/mol. The molecule has 0 saturated heterocycles. The summed E-state index contributed by atoms with van der Waals surface area (Å²) in [5.41, 5.74) is 1.12. The fraction of sp³-hybridized carbons (Fsp3) is 0.571. The second-order valence-electron chi connectivity index (χ2n) is 5.22. The van der Waals surface area contributed by atoms with E-state index in [9.17, 15) is 8.42 Å². The molecule has 0 aliphatic carbocycles. The minimum atomic E-state index is -3.65. The van der Waals surface area contributed by atoms with Gasteiger partial charge in [-0.3, -0.25) is 4.18 Å². The summed E-state index contributed by atoms with van der Waals surface area (Å²) in [4.78, 5) is 0.222. The van der Waals surface area contributed by atoms with Gasteiger partial charge in [0.15, 0.2) is 0 Å². The van der Waals surface area contributed by atoms with Crippen molar-refractivity contribution in [1.29, 1.82) is 0 Å². The maximum absolute atomic E-state index is 12.0. The van der Waals surface area contributed by atoms with Gasteiger partial charge in [-0.25, -0.2) is 0 Å². The first kappa shape index (κ1) is 15.2. The molecule has 1 unspecified atom stereocenters. The molecule has 0 saturated carbocycles. The van der Waals surface area contributed by atoms with E-state index in [0.29, 0.717) is 5.92 Å². The fourth-order valence-corrected chi connectivity index (χ4v) is 2.59. The lowest BCUT2D eigenvalue weighted by atomic mass is 10.0. The molecule has 3 nitrogen and oxygen atoms in total. The Bertz CT molecular complexity index is 472. The molecule has 1 aromatic carbocycles. The van der Waals surface area contributed by atoms with Crippen molar-refractivity contribution in [3.63, 3.8) is 0 Å². The number of benzene rings is 1. The Morgan fingerprint density at radius 3 is 1.83 bits per heavy atom. The van der Waals surface area contributed by atoms with Crippen molar-refractivity contribution in [2.45, 2.75) is 51.5 Å². The molecule has 1 aromatic rings. The molecule has 102 valence electrons. The fourth-order valence-electron chi connectivity index (χ4n) is 1.39. The Kier molecular flexibility index (Phi) is 4.93. The highest BCUT2D eigenvalue weighted by atomic mass is 32.2. The monoisotopic (exact) mass is 270 g/mol. The van der Waals surface area contributed by atoms with E-state index in [1.807, 2.05) is 26.0 Å². The van der Waals surface area contributed by atoms with Crippen LogP contribution in [0.25, 0.3) is 0 Å². The van der Waals surface area contributed by atoms with Gasteiger partial charge in [-0.2, -0.15) is 8.42 Å². The lowest BCUT2D eigenvalue weighted by Gasteiger charge is -2.16. The van der Waals surface area contributed by atoms with Crippen LogP contribution in [0.4, 0.5) is 0 Å². The van der Waals surface area contributed by atoms with E-state index in [1.54, 1.807) is 19.1 Å². The van der Waals surface area contributed by atoms with E-state index in [0.717, 1.165) is 5.56 Å². The summed E-state index contributed by atoms with van der Waals surface area (Å²) in [5.74, 6) is 0.548. The summed E-state index contributed by atoms with van der Waals surface area (Å²) in [6.45, 7) is 9.77. The van der Waals surface area contributed by atoms with Crippen LogP contribution in [-0.4, -0.2) is 14.5 Å². The predicted octanol–water partition coefficient (Wildman–Crippen LogP) is 3.56. The molecular weight excluding hydrogens is 248 g/mol. The maximum Gasteiger partial charge on any atom is 0.297 e. The van der Waals surface area contributed by atoms with Gasteiger partial charge in [-0.05, 0) is 36.5 Å². The molecule has 0 fully saturated rings. The van der Waals surface area contributed by atoms with Crippen LogP contribution in [-0.2, 0) is 14.3 Å². The van der Waals surface area contributed by atoms with Gasteiger partial charge < -0.3 is 0 Å². The molecule has 0 radical (unpaired) electrons. The smallest absolute Gasteiger partial charge is 0.263 e. The van der Waals surface area contributed by atoms with E-state index in [2.05, 4.69) is 13.8 Å². The Morgan fingerprint density at radius 1 is 0.944 bits per heavy atom. The number of rotatable bonds is 5. The normalized spacial score (nSPS) is 14.2. The molecule has 0 aliphatic heterocycles. The quantitative estimate of drug-likeness (QED) is 0.768. The molecule has 0 heterocycles. The Labute approximate surface area is 110 Å². The Morgan fingerprint density at radius 2 is 1.44 bits per heavy atom. The first-order valence-electron chi connectivity index (χ1n) is 6.27. The van der Waals surface area contributed by atoms with E-state index in [-0.39, 0.29) is 16.9 Å². The third-order valence-corrected chi connectivity index (χ3v) is 4.46. The van der Waals surface area contributed by atoms with E-state index in [1.165, 1.54) is 0 Å². The third-order valence-electron chi connectivity index (χ3n) is 3.05. The zero-order chi connectivity index (χ0) is 13.9. The highest BCUT2D eigenvalue weighted by molar-refractivity contribution is 7.86. The summed E-state index contributed by atoms with van der Waals surface area (Å²) in [5, 5.41) is 0. The summed E-state index contributed by atoms with van der Waals surface area (Å²) in [7, 11) is -3.65. The molecule has 18 heavy (non-hydrogen) atoms. The lowest BCUT2D eigenvalue weighted by Crippen LogP contribution is -2.20. The average Bonchev–Trinajstić information content (AvgIpc) is 2.28. The van der Waals surface area contributed by atoms with Crippen LogP contribution in [0, 0.1) is 5.92 Å². The first-order chi connectivity index (χ1) is 8.24. The van der Waals surface area contributed by atoms with Crippen molar-refractivity contribution in [3.8, 4) is 0 Å². The Balaban J connectivity index is 2.92. The minimum absolute atomic E-state index is 0.162. The molecule has 0 aromatic heterocycles. The highest BCUT2D eigenvalue weighted by Gasteiger charge is 2.20. The van der Waals surface area contributed by atoms with Crippen molar-refractivity contribution >= 4 is 10.1 Å². The third kappa shape index (κ3) is 3.82. The van der Waals surface area contributed by atoms with Gasteiger partial charge in [0.25, 0.3) is 10.1 Å². The van der Waals surface area contributed by atoms with Crippen LogP contribution in [0.5, 0.6) is 0 Å². The molecule has 0 spiro atoms. The van der Waals surface area contributed by atoms with Crippen molar-refractivity contribution in [2.75, 3.05) is 0 Å². The van der Waals surface area contributed by atoms with Crippen LogP contribution < -0.4 is 0 Å². The predicted molar refractivity (Wildman–Crippen MR) is 73.1 cm³/mol. The minimum Gasteiger partial charge on any atom is -0.263 e. The molecule has 1 rings (SSSR count). The first-order valence-corrected chi connectivity index (χ1v) is 7.68. The van der Waals surface area contributed by atoms with Crippen LogP contribution in [0.15, 0.2) is 29.2 Å². The second kappa shape index (κ2) is 5.85. The SMILES string of the molecule is CC(C)c1ccc(S(=O)(=O)OC(C)C(C)C)cc1. The summed E-state index contributed by atoms with van der Waals surface area (Å²) >= 11 is 0. The molecule has 0 amide bonds. The molecule has 4 heteroatoms. The van der Waals surface area contributed by atoms with Crippen LogP contribution in [0.2, 0.25) is 0 Å². The van der Waals surface area contributed by atoms with Gasteiger partial charge in [0.2, 0.25) is 0 Å². The number of hydrogen-bond donors (Lipinski definition) is 0. The molecule has 0 bridgehead atoms. The van der Waals surface area contributed by atoms with Gasteiger partial charge in [-0.1, -0.05) is 39.8 Å². The van der Waals surface area contributed by atoms with Crippen molar-refractivity contribution < 1.29 is 12.6 Å². The summed E-state index contributed by atoms with van der Waals surface area (Å²) in [6.07, 6.45) is -0.320. The largest absolute Gasteiger partial charge is 0.297 e. The maximum atomic E-state index is 12.0. The van der Waals surface area contributed by atoms with E-state index < -0.39 is 10.1 Å². The molecule has 0 N–H and O–H groups in total. The summed E-state index contributed by atoms with van der Waals surface area (Å²) < 4.78 is 29.2.